The summed E-state index contributed by atoms with van der Waals surface area (Å²) < 4.78 is 0. The van der Waals surface area contributed by atoms with Gasteiger partial charge in [-0.3, -0.25) is 4.99 Å². The quantitative estimate of drug-likeness (QED) is 0.616. The van der Waals surface area contributed by atoms with Crippen molar-refractivity contribution < 1.29 is 0 Å². The number of hydrogen-bond donors (Lipinski definition) is 1. The summed E-state index contributed by atoms with van der Waals surface area (Å²) in [6.07, 6.45) is 1.10. The molecule has 1 unspecified atom stereocenters. The van der Waals surface area contributed by atoms with Crippen molar-refractivity contribution in [2.75, 3.05) is 6.54 Å². The van der Waals surface area contributed by atoms with Gasteiger partial charge in [-0.05, 0) is 12.8 Å². The molecule has 0 saturated carbocycles. The van der Waals surface area contributed by atoms with Crippen molar-refractivity contribution >= 4 is 5.84 Å². The molecule has 0 amide bonds. The van der Waals surface area contributed by atoms with Gasteiger partial charge in [-0.25, -0.2) is 0 Å². The largest absolute Gasteiger partial charge is 0.370 e. The fourth-order valence-corrected chi connectivity index (χ4v) is 1.13. The average molecular weight is 140 g/mol. The van der Waals surface area contributed by atoms with Crippen molar-refractivity contribution in [3.8, 4) is 0 Å². The van der Waals surface area contributed by atoms with Crippen LogP contribution in [0.2, 0.25) is 0 Å². The maximum absolute atomic E-state index is 4.36. The minimum atomic E-state index is 0.564. The molecule has 1 atom stereocenters. The van der Waals surface area contributed by atoms with Gasteiger partial charge in [-0.1, -0.05) is 13.8 Å². The van der Waals surface area contributed by atoms with Gasteiger partial charge in [0.15, 0.2) is 0 Å². The molecule has 0 saturated heterocycles. The monoisotopic (exact) mass is 140 g/mol. The number of rotatable bonds is 2. The van der Waals surface area contributed by atoms with Crippen LogP contribution in [0.4, 0.5) is 0 Å². The van der Waals surface area contributed by atoms with E-state index in [0.29, 0.717) is 6.04 Å². The SMILES string of the molecule is CC(C)CC1=NCC(C)N1. The fourth-order valence-electron chi connectivity index (χ4n) is 1.13. The Bertz CT molecular complexity index is 138. The Balaban J connectivity index is 2.30. The van der Waals surface area contributed by atoms with Gasteiger partial charge in [0.05, 0.1) is 12.4 Å². The van der Waals surface area contributed by atoms with Gasteiger partial charge in [-0.2, -0.15) is 0 Å². The van der Waals surface area contributed by atoms with Crippen LogP contribution in [0.1, 0.15) is 27.2 Å². The molecule has 0 aromatic heterocycles. The van der Waals surface area contributed by atoms with E-state index in [9.17, 15) is 0 Å². The Kier molecular flexibility index (Phi) is 2.30. The minimum absolute atomic E-state index is 0.564. The Morgan fingerprint density at radius 2 is 2.40 bits per heavy atom. The lowest BCUT2D eigenvalue weighted by molar-refractivity contribution is 0.661. The first kappa shape index (κ1) is 7.58. The zero-order valence-corrected chi connectivity index (χ0v) is 7.02. The highest BCUT2D eigenvalue weighted by molar-refractivity contribution is 5.84. The lowest BCUT2D eigenvalue weighted by atomic mass is 10.1. The smallest absolute Gasteiger partial charge is 0.0969 e. The second-order valence-electron chi connectivity index (χ2n) is 3.43. The number of aliphatic imine (C=N–C) groups is 1. The van der Waals surface area contributed by atoms with Crippen molar-refractivity contribution in [2.24, 2.45) is 10.9 Å². The number of hydrogen-bond acceptors (Lipinski definition) is 2. The van der Waals surface area contributed by atoms with E-state index in [0.717, 1.165) is 18.9 Å². The van der Waals surface area contributed by atoms with Crippen LogP contribution in [-0.2, 0) is 0 Å². The van der Waals surface area contributed by atoms with Gasteiger partial charge >= 0.3 is 0 Å². The van der Waals surface area contributed by atoms with E-state index < -0.39 is 0 Å². The predicted molar refractivity (Wildman–Crippen MR) is 44.4 cm³/mol. The molecular weight excluding hydrogens is 124 g/mol. The molecule has 1 aliphatic rings. The van der Waals surface area contributed by atoms with Gasteiger partial charge in [0.25, 0.3) is 0 Å². The molecule has 1 heterocycles. The van der Waals surface area contributed by atoms with Crippen molar-refractivity contribution in [2.45, 2.75) is 33.2 Å². The van der Waals surface area contributed by atoms with E-state index in [4.69, 9.17) is 0 Å². The molecule has 58 valence electrons. The molecule has 1 aliphatic heterocycles. The Morgan fingerprint density at radius 1 is 1.70 bits per heavy atom. The number of amidine groups is 1. The minimum Gasteiger partial charge on any atom is -0.370 e. The second-order valence-corrected chi connectivity index (χ2v) is 3.43. The lowest BCUT2D eigenvalue weighted by Crippen LogP contribution is -2.27. The summed E-state index contributed by atoms with van der Waals surface area (Å²) in [5, 5.41) is 3.34. The summed E-state index contributed by atoms with van der Waals surface area (Å²) in [5.74, 6) is 1.92. The normalized spacial score (nSPS) is 24.8. The van der Waals surface area contributed by atoms with Gasteiger partial charge in [0.1, 0.15) is 0 Å². The maximum atomic E-state index is 4.36. The molecular formula is C8H16N2. The Morgan fingerprint density at radius 3 is 2.80 bits per heavy atom. The molecule has 1 rings (SSSR count). The molecule has 2 heteroatoms. The van der Waals surface area contributed by atoms with Crippen LogP contribution in [-0.4, -0.2) is 18.4 Å². The zero-order chi connectivity index (χ0) is 7.56. The van der Waals surface area contributed by atoms with Crippen molar-refractivity contribution in [1.29, 1.82) is 0 Å². The molecule has 0 aromatic carbocycles. The Labute approximate surface area is 62.7 Å². The lowest BCUT2D eigenvalue weighted by Gasteiger charge is -2.07. The fraction of sp³-hybridized carbons (Fsp3) is 0.875. The molecule has 10 heavy (non-hydrogen) atoms. The molecule has 1 N–H and O–H groups in total. The van der Waals surface area contributed by atoms with Gasteiger partial charge in [0, 0.05) is 12.5 Å². The molecule has 0 aromatic rings. The summed E-state index contributed by atoms with van der Waals surface area (Å²) in [6, 6.07) is 0.564. The Hall–Kier alpha value is -0.530. The molecule has 2 nitrogen and oxygen atoms in total. The van der Waals surface area contributed by atoms with E-state index in [1.165, 1.54) is 5.84 Å². The van der Waals surface area contributed by atoms with Crippen LogP contribution in [0.25, 0.3) is 0 Å². The average Bonchev–Trinajstić information content (AvgIpc) is 2.13. The van der Waals surface area contributed by atoms with E-state index in [1.54, 1.807) is 0 Å². The van der Waals surface area contributed by atoms with Crippen LogP contribution in [0.15, 0.2) is 4.99 Å². The van der Waals surface area contributed by atoms with Crippen LogP contribution in [0, 0.1) is 5.92 Å². The third-order valence-electron chi connectivity index (χ3n) is 1.57. The molecule has 0 spiro atoms. The van der Waals surface area contributed by atoms with Crippen molar-refractivity contribution in [3.63, 3.8) is 0 Å². The van der Waals surface area contributed by atoms with Crippen molar-refractivity contribution in [3.05, 3.63) is 0 Å². The van der Waals surface area contributed by atoms with Gasteiger partial charge in [-0.15, -0.1) is 0 Å². The van der Waals surface area contributed by atoms with Crippen LogP contribution in [0.5, 0.6) is 0 Å². The van der Waals surface area contributed by atoms with E-state index >= 15 is 0 Å². The summed E-state index contributed by atoms with van der Waals surface area (Å²) in [5.41, 5.74) is 0. The zero-order valence-electron chi connectivity index (χ0n) is 7.02. The summed E-state index contributed by atoms with van der Waals surface area (Å²) in [6.45, 7) is 7.55. The summed E-state index contributed by atoms with van der Waals surface area (Å²) in [7, 11) is 0. The third-order valence-corrected chi connectivity index (χ3v) is 1.57. The second kappa shape index (κ2) is 3.04. The van der Waals surface area contributed by atoms with Gasteiger partial charge in [0.2, 0.25) is 0 Å². The van der Waals surface area contributed by atoms with Crippen LogP contribution < -0.4 is 5.32 Å². The first-order valence-electron chi connectivity index (χ1n) is 3.98. The standard InChI is InChI=1S/C8H16N2/c1-6(2)4-8-9-5-7(3)10-8/h6-7H,4-5H2,1-3H3,(H,9,10). The molecule has 0 fully saturated rings. The number of nitrogens with zero attached hydrogens (tertiary/aromatic N) is 1. The maximum Gasteiger partial charge on any atom is 0.0969 e. The highest BCUT2D eigenvalue weighted by atomic mass is 15.1. The van der Waals surface area contributed by atoms with E-state index in [1.807, 2.05) is 0 Å². The topological polar surface area (TPSA) is 24.4 Å². The summed E-state index contributed by atoms with van der Waals surface area (Å²) in [4.78, 5) is 4.36. The molecule has 0 bridgehead atoms. The highest BCUT2D eigenvalue weighted by Gasteiger charge is 2.12. The molecule has 0 aliphatic carbocycles. The third kappa shape index (κ3) is 2.01. The van der Waals surface area contributed by atoms with Crippen molar-refractivity contribution in [1.82, 2.24) is 5.32 Å². The highest BCUT2D eigenvalue weighted by Crippen LogP contribution is 2.04. The molecule has 0 radical (unpaired) electrons. The first-order valence-corrected chi connectivity index (χ1v) is 3.98. The van der Waals surface area contributed by atoms with E-state index in [2.05, 4.69) is 31.1 Å². The summed E-state index contributed by atoms with van der Waals surface area (Å²) >= 11 is 0. The first-order chi connectivity index (χ1) is 4.68. The van der Waals surface area contributed by atoms with Gasteiger partial charge < -0.3 is 5.32 Å². The van der Waals surface area contributed by atoms with Crippen LogP contribution >= 0.6 is 0 Å². The number of nitrogens with one attached hydrogen (secondary N) is 1. The van der Waals surface area contributed by atoms with E-state index in [-0.39, 0.29) is 0 Å². The predicted octanol–water partition coefficient (Wildman–Crippen LogP) is 1.42. The van der Waals surface area contributed by atoms with Crippen LogP contribution in [0.3, 0.4) is 0 Å².